The Morgan fingerprint density at radius 2 is 2.11 bits per heavy atom. The molecule has 0 bridgehead atoms. The van der Waals surface area contributed by atoms with Crippen molar-refractivity contribution in [2.45, 2.75) is 25.9 Å². The number of Topliss-reactive ketones (excluding diaryl/α,β-unsaturated/α-hetero) is 1. The first kappa shape index (κ1) is 16.2. The van der Waals surface area contributed by atoms with Crippen LogP contribution in [-0.4, -0.2) is 34.8 Å². The van der Waals surface area contributed by atoms with Gasteiger partial charge in [-0.3, -0.25) is 9.48 Å². The minimum absolute atomic E-state index is 0.0505. The van der Waals surface area contributed by atoms with Gasteiger partial charge in [-0.25, -0.2) is 0 Å². The van der Waals surface area contributed by atoms with Crippen molar-refractivity contribution < 1.29 is 18.0 Å². The van der Waals surface area contributed by atoms with Crippen LogP contribution in [0, 0.1) is 0 Å². The quantitative estimate of drug-likeness (QED) is 0.860. The number of aromatic nitrogens is 2. The predicted molar refractivity (Wildman–Crippen MR) is 67.9 cm³/mol. The lowest BCUT2D eigenvalue weighted by molar-refractivity contribution is -0.127. The molecule has 0 aliphatic rings. The Bertz CT molecular complexity index is 457. The van der Waals surface area contributed by atoms with Gasteiger partial charge in [-0.15, -0.1) is 0 Å². The fourth-order valence-electron chi connectivity index (χ4n) is 1.60. The van der Waals surface area contributed by atoms with E-state index in [-0.39, 0.29) is 18.7 Å². The summed E-state index contributed by atoms with van der Waals surface area (Å²) >= 11 is 3.35. The molecule has 0 amide bonds. The Kier molecular flexibility index (Phi) is 5.54. The number of nitrogens with zero attached hydrogens (tertiary/aromatic N) is 2. The number of carbonyl (C=O) groups excluding carboxylic acids is 1. The third kappa shape index (κ3) is 4.94. The number of carbonyl (C=O) groups is 1. The van der Waals surface area contributed by atoms with Crippen LogP contribution >= 0.6 is 15.9 Å². The number of nitrogens with one attached hydrogen (secondary N) is 1. The van der Waals surface area contributed by atoms with Gasteiger partial charge in [-0.05, 0) is 22.4 Å². The molecule has 0 saturated heterocycles. The van der Waals surface area contributed by atoms with Crippen LogP contribution in [0.5, 0.6) is 0 Å². The summed E-state index contributed by atoms with van der Waals surface area (Å²) in [7, 11) is 1.70. The molecule has 1 aromatic rings. The molecule has 8 heteroatoms. The number of rotatable bonds is 6. The van der Waals surface area contributed by atoms with Crippen LogP contribution < -0.4 is 5.32 Å². The van der Waals surface area contributed by atoms with E-state index < -0.39 is 12.7 Å². The van der Waals surface area contributed by atoms with Crippen molar-refractivity contribution in [3.63, 3.8) is 0 Å². The fourth-order valence-corrected chi connectivity index (χ4v) is 2.36. The molecule has 0 unspecified atom stereocenters. The van der Waals surface area contributed by atoms with E-state index in [1.54, 1.807) is 11.7 Å². The first-order valence-corrected chi connectivity index (χ1v) is 6.53. The molecule has 0 atom stereocenters. The van der Waals surface area contributed by atoms with E-state index in [1.807, 2.05) is 6.92 Å². The normalized spacial score (nSPS) is 11.9. The molecule has 1 heterocycles. The molecule has 0 aliphatic carbocycles. The summed E-state index contributed by atoms with van der Waals surface area (Å²) in [6.07, 6.45) is -3.54. The highest BCUT2D eigenvalue weighted by Crippen LogP contribution is 2.22. The number of alkyl halides is 3. The molecule has 4 nitrogen and oxygen atoms in total. The van der Waals surface area contributed by atoms with E-state index >= 15 is 0 Å². The summed E-state index contributed by atoms with van der Waals surface area (Å²) in [6.45, 7) is 0.466. The van der Waals surface area contributed by atoms with Gasteiger partial charge in [0.25, 0.3) is 0 Å². The molecule has 19 heavy (non-hydrogen) atoms. The second-order valence-corrected chi connectivity index (χ2v) is 4.91. The zero-order valence-electron chi connectivity index (χ0n) is 10.6. The summed E-state index contributed by atoms with van der Waals surface area (Å²) in [5.74, 6) is -0.310. The van der Waals surface area contributed by atoms with Crippen molar-refractivity contribution in [2.24, 2.45) is 7.05 Å². The van der Waals surface area contributed by atoms with Gasteiger partial charge in [-0.1, -0.05) is 6.92 Å². The molecule has 0 radical (unpaired) electrons. The summed E-state index contributed by atoms with van der Waals surface area (Å²) in [5.41, 5.74) is 1.50. The number of hydrogen-bond acceptors (Lipinski definition) is 3. The first-order valence-electron chi connectivity index (χ1n) is 5.74. The highest BCUT2D eigenvalue weighted by atomic mass is 79.9. The van der Waals surface area contributed by atoms with Crippen LogP contribution in [0.25, 0.3) is 0 Å². The first-order chi connectivity index (χ1) is 8.74. The summed E-state index contributed by atoms with van der Waals surface area (Å²) < 4.78 is 38.1. The molecule has 0 fully saturated rings. The van der Waals surface area contributed by atoms with Gasteiger partial charge in [-0.2, -0.15) is 18.3 Å². The summed E-state index contributed by atoms with van der Waals surface area (Å²) in [4.78, 5) is 11.6. The minimum Gasteiger partial charge on any atom is -0.302 e. The maximum atomic E-state index is 11.9. The van der Waals surface area contributed by atoms with Gasteiger partial charge in [0.2, 0.25) is 0 Å². The van der Waals surface area contributed by atoms with Crippen molar-refractivity contribution >= 4 is 21.7 Å². The molecule has 1 rings (SSSR count). The lowest BCUT2D eigenvalue weighted by atomic mass is 10.2. The molecule has 0 aromatic carbocycles. The zero-order chi connectivity index (χ0) is 14.6. The number of ketones is 1. The Morgan fingerprint density at radius 3 is 2.58 bits per heavy atom. The summed E-state index contributed by atoms with van der Waals surface area (Å²) in [6, 6.07) is 0. The molecular weight excluding hydrogens is 327 g/mol. The highest BCUT2D eigenvalue weighted by Gasteiger charge is 2.26. The lowest BCUT2D eigenvalue weighted by Gasteiger charge is -2.07. The van der Waals surface area contributed by atoms with Gasteiger partial charge in [0.1, 0.15) is 0 Å². The van der Waals surface area contributed by atoms with Gasteiger partial charge >= 0.3 is 6.18 Å². The molecule has 1 N–H and O–H groups in total. The van der Waals surface area contributed by atoms with Crippen molar-refractivity contribution in [2.75, 3.05) is 13.1 Å². The van der Waals surface area contributed by atoms with Crippen molar-refractivity contribution in [3.8, 4) is 0 Å². The number of aryl methyl sites for hydroxylation is 2. The average molecular weight is 342 g/mol. The van der Waals surface area contributed by atoms with Crippen molar-refractivity contribution in [1.82, 2.24) is 15.1 Å². The topological polar surface area (TPSA) is 46.9 Å². The predicted octanol–water partition coefficient (Wildman–Crippen LogP) is 2.01. The second kappa shape index (κ2) is 6.51. The van der Waals surface area contributed by atoms with Crippen LogP contribution in [0.1, 0.15) is 18.3 Å². The highest BCUT2D eigenvalue weighted by molar-refractivity contribution is 9.10. The third-order valence-corrected chi connectivity index (χ3v) is 3.43. The van der Waals surface area contributed by atoms with E-state index in [0.717, 1.165) is 16.6 Å². The Morgan fingerprint density at radius 1 is 1.47 bits per heavy atom. The number of hydrogen-bond donors (Lipinski definition) is 1. The average Bonchev–Trinajstić information content (AvgIpc) is 2.54. The summed E-state index contributed by atoms with van der Waals surface area (Å²) in [5, 5.41) is 6.30. The van der Waals surface area contributed by atoms with Gasteiger partial charge in [0, 0.05) is 7.05 Å². The fraction of sp³-hybridized carbons (Fsp3) is 0.636. The van der Waals surface area contributed by atoms with Crippen LogP contribution in [0.15, 0.2) is 4.47 Å². The Labute approximate surface area is 117 Å². The molecule has 0 saturated carbocycles. The Balaban J connectivity index is 2.56. The minimum atomic E-state index is -4.30. The number of halogens is 4. The molecule has 0 spiro atoms. The maximum absolute atomic E-state index is 11.9. The van der Waals surface area contributed by atoms with E-state index in [9.17, 15) is 18.0 Å². The molecule has 1 aromatic heterocycles. The van der Waals surface area contributed by atoms with Crippen LogP contribution in [-0.2, 0) is 24.7 Å². The Hall–Kier alpha value is -0.890. The molecule has 108 valence electrons. The van der Waals surface area contributed by atoms with Crippen LogP contribution in [0.3, 0.4) is 0 Å². The van der Waals surface area contributed by atoms with Crippen molar-refractivity contribution in [3.05, 3.63) is 15.9 Å². The van der Waals surface area contributed by atoms with Crippen molar-refractivity contribution in [1.29, 1.82) is 0 Å². The van der Waals surface area contributed by atoms with E-state index in [0.29, 0.717) is 5.69 Å². The largest absolute Gasteiger partial charge is 0.401 e. The molecular formula is C11H15BrF3N3O. The van der Waals surface area contributed by atoms with Gasteiger partial charge in [0.15, 0.2) is 5.78 Å². The van der Waals surface area contributed by atoms with Crippen LogP contribution in [0.4, 0.5) is 13.2 Å². The van der Waals surface area contributed by atoms with Crippen LogP contribution in [0.2, 0.25) is 0 Å². The SMILES string of the molecule is CCc1nn(C)c(CC(=O)CNCC(F)(F)F)c1Br. The van der Waals surface area contributed by atoms with Gasteiger partial charge in [0.05, 0.1) is 35.4 Å². The standard InChI is InChI=1S/C11H15BrF3N3O/c1-3-8-10(12)9(18(2)17-8)4-7(19)5-16-6-11(13,14)15/h16H,3-6H2,1-2H3. The van der Waals surface area contributed by atoms with E-state index in [1.165, 1.54) is 0 Å². The second-order valence-electron chi connectivity index (χ2n) is 4.12. The van der Waals surface area contributed by atoms with Gasteiger partial charge < -0.3 is 5.32 Å². The van der Waals surface area contributed by atoms with E-state index in [4.69, 9.17) is 0 Å². The van der Waals surface area contributed by atoms with E-state index in [2.05, 4.69) is 26.3 Å². The molecule has 0 aliphatic heterocycles. The maximum Gasteiger partial charge on any atom is 0.401 e. The smallest absolute Gasteiger partial charge is 0.302 e. The third-order valence-electron chi connectivity index (χ3n) is 2.52. The lowest BCUT2D eigenvalue weighted by Crippen LogP contribution is -2.33. The monoisotopic (exact) mass is 341 g/mol. The zero-order valence-corrected chi connectivity index (χ0v) is 12.2.